The largest absolute Gasteiger partial charge is 0.438 e. The molecule has 158 valence electrons. The fourth-order valence-corrected chi connectivity index (χ4v) is 4.61. The van der Waals surface area contributed by atoms with Crippen molar-refractivity contribution < 1.29 is 17.6 Å². The lowest BCUT2D eigenvalue weighted by molar-refractivity contribution is 0.0918. The molecule has 3 rings (SSSR count). The average molecular weight is 421 g/mol. The molecule has 3 heterocycles. The van der Waals surface area contributed by atoms with Crippen LogP contribution in [0.2, 0.25) is 0 Å². The molecular weight excluding hydrogens is 392 g/mol. The molecule has 2 N–H and O–H groups in total. The van der Waals surface area contributed by atoms with E-state index >= 15 is 0 Å². The molecular formula is C20H28N4O4S. The van der Waals surface area contributed by atoms with Crippen molar-refractivity contribution >= 4 is 21.7 Å². The van der Waals surface area contributed by atoms with E-state index in [0.717, 1.165) is 37.3 Å². The SMILES string of the molecule is CC(C)(C)NS(=O)(=O)c1ccc(C(=O)NCc2cccnc2N2CCCCC2)o1. The van der Waals surface area contributed by atoms with Gasteiger partial charge in [0.05, 0.1) is 0 Å². The molecule has 0 unspecified atom stereocenters. The second kappa shape index (κ2) is 8.54. The number of sulfonamides is 1. The number of nitrogens with zero attached hydrogens (tertiary/aromatic N) is 2. The summed E-state index contributed by atoms with van der Waals surface area (Å²) in [5.41, 5.74) is 0.260. The molecule has 2 aromatic rings. The smallest absolute Gasteiger partial charge is 0.287 e. The predicted molar refractivity (Wildman–Crippen MR) is 110 cm³/mol. The summed E-state index contributed by atoms with van der Waals surface area (Å²) in [5, 5.41) is 2.51. The molecule has 2 aromatic heterocycles. The highest BCUT2D eigenvalue weighted by Crippen LogP contribution is 2.22. The Morgan fingerprint density at radius 1 is 1.17 bits per heavy atom. The van der Waals surface area contributed by atoms with Gasteiger partial charge in [0, 0.05) is 36.9 Å². The summed E-state index contributed by atoms with van der Waals surface area (Å²) >= 11 is 0. The Morgan fingerprint density at radius 3 is 2.59 bits per heavy atom. The van der Waals surface area contributed by atoms with Crippen LogP contribution in [-0.2, 0) is 16.6 Å². The van der Waals surface area contributed by atoms with Crippen LogP contribution < -0.4 is 14.9 Å². The van der Waals surface area contributed by atoms with Crippen LogP contribution >= 0.6 is 0 Å². The number of aromatic nitrogens is 1. The van der Waals surface area contributed by atoms with E-state index in [9.17, 15) is 13.2 Å². The van der Waals surface area contributed by atoms with Crippen molar-refractivity contribution in [2.75, 3.05) is 18.0 Å². The molecule has 0 spiro atoms. The van der Waals surface area contributed by atoms with Gasteiger partial charge >= 0.3 is 0 Å². The number of piperidine rings is 1. The minimum Gasteiger partial charge on any atom is -0.438 e. The van der Waals surface area contributed by atoms with E-state index in [1.165, 1.54) is 18.6 Å². The summed E-state index contributed by atoms with van der Waals surface area (Å²) in [6.45, 7) is 7.39. The maximum atomic E-state index is 12.5. The second-order valence-electron chi connectivity index (χ2n) is 8.19. The Kier molecular flexibility index (Phi) is 6.28. The summed E-state index contributed by atoms with van der Waals surface area (Å²) in [6.07, 6.45) is 5.24. The van der Waals surface area contributed by atoms with Crippen molar-refractivity contribution in [2.45, 2.75) is 57.2 Å². The van der Waals surface area contributed by atoms with E-state index in [1.54, 1.807) is 27.0 Å². The topological polar surface area (TPSA) is 105 Å². The lowest BCUT2D eigenvalue weighted by Gasteiger charge is -2.29. The first-order valence-electron chi connectivity index (χ1n) is 9.76. The summed E-state index contributed by atoms with van der Waals surface area (Å²) < 4.78 is 32.5. The molecule has 0 radical (unpaired) electrons. The molecule has 1 saturated heterocycles. The fourth-order valence-electron chi connectivity index (χ4n) is 3.26. The van der Waals surface area contributed by atoms with Crippen LogP contribution in [0.3, 0.4) is 0 Å². The Morgan fingerprint density at radius 2 is 1.90 bits per heavy atom. The van der Waals surface area contributed by atoms with Gasteiger partial charge in [-0.25, -0.2) is 18.1 Å². The third-order valence-corrected chi connectivity index (χ3v) is 6.10. The van der Waals surface area contributed by atoms with Gasteiger partial charge in [-0.1, -0.05) is 6.07 Å². The van der Waals surface area contributed by atoms with Gasteiger partial charge in [-0.15, -0.1) is 0 Å². The molecule has 0 aliphatic carbocycles. The van der Waals surface area contributed by atoms with E-state index < -0.39 is 21.5 Å². The highest BCUT2D eigenvalue weighted by Gasteiger charge is 2.26. The van der Waals surface area contributed by atoms with Gasteiger partial charge in [-0.05, 0) is 58.2 Å². The second-order valence-corrected chi connectivity index (χ2v) is 9.80. The van der Waals surface area contributed by atoms with Crippen LogP contribution in [0.5, 0.6) is 0 Å². The quantitative estimate of drug-likeness (QED) is 0.744. The van der Waals surface area contributed by atoms with Gasteiger partial charge in [-0.2, -0.15) is 0 Å². The number of pyridine rings is 1. The highest BCUT2D eigenvalue weighted by atomic mass is 32.2. The van der Waals surface area contributed by atoms with Crippen molar-refractivity contribution in [3.63, 3.8) is 0 Å². The molecule has 29 heavy (non-hydrogen) atoms. The molecule has 8 nitrogen and oxygen atoms in total. The first kappa shape index (κ1) is 21.3. The molecule has 9 heteroatoms. The lowest BCUT2D eigenvalue weighted by atomic mass is 10.1. The number of carbonyl (C=O) groups excluding carboxylic acids is 1. The van der Waals surface area contributed by atoms with Crippen LogP contribution in [0.4, 0.5) is 5.82 Å². The number of hydrogen-bond acceptors (Lipinski definition) is 6. The molecule has 0 atom stereocenters. The Labute approximate surface area is 171 Å². The van der Waals surface area contributed by atoms with Crippen LogP contribution in [0, 0.1) is 0 Å². The number of hydrogen-bond donors (Lipinski definition) is 2. The van der Waals surface area contributed by atoms with Gasteiger partial charge in [0.15, 0.2) is 5.76 Å². The highest BCUT2D eigenvalue weighted by molar-refractivity contribution is 7.89. The van der Waals surface area contributed by atoms with Gasteiger partial charge in [0.25, 0.3) is 15.9 Å². The van der Waals surface area contributed by atoms with E-state index in [0.29, 0.717) is 0 Å². The van der Waals surface area contributed by atoms with Crippen molar-refractivity contribution in [2.24, 2.45) is 0 Å². The third kappa shape index (κ3) is 5.57. The Balaban J connectivity index is 1.67. The van der Waals surface area contributed by atoms with Crippen LogP contribution in [-0.4, -0.2) is 37.9 Å². The summed E-state index contributed by atoms with van der Waals surface area (Å²) in [4.78, 5) is 19.2. The predicted octanol–water partition coefficient (Wildman–Crippen LogP) is 2.67. The first-order valence-corrected chi connectivity index (χ1v) is 11.2. The van der Waals surface area contributed by atoms with E-state index in [1.807, 2.05) is 12.1 Å². The van der Waals surface area contributed by atoms with Crippen molar-refractivity contribution in [1.82, 2.24) is 15.0 Å². The Hall–Kier alpha value is -2.39. The number of nitrogens with one attached hydrogen (secondary N) is 2. The molecule has 0 aromatic carbocycles. The van der Waals surface area contributed by atoms with Gasteiger partial charge in [-0.3, -0.25) is 4.79 Å². The van der Waals surface area contributed by atoms with E-state index in [4.69, 9.17) is 4.42 Å². The lowest BCUT2D eigenvalue weighted by Crippen LogP contribution is -2.40. The van der Waals surface area contributed by atoms with Gasteiger partial charge < -0.3 is 14.6 Å². The normalized spacial score (nSPS) is 15.3. The Bertz CT molecular complexity index is 957. The molecule has 1 aliphatic rings. The zero-order chi connectivity index (χ0) is 21.1. The molecule has 0 bridgehead atoms. The molecule has 1 fully saturated rings. The number of carbonyl (C=O) groups is 1. The summed E-state index contributed by atoms with van der Waals surface area (Å²) in [7, 11) is -3.83. The van der Waals surface area contributed by atoms with Crippen molar-refractivity contribution in [3.05, 3.63) is 41.8 Å². The number of anilines is 1. The zero-order valence-corrected chi connectivity index (χ0v) is 17.9. The maximum Gasteiger partial charge on any atom is 0.287 e. The standard InChI is InChI=1S/C20H28N4O4S/c1-20(2,3)23-29(26,27)17-10-9-16(28-17)19(25)22-14-15-8-7-11-21-18(15)24-12-5-4-6-13-24/h7-11,23H,4-6,12-14H2,1-3H3,(H,22,25). The summed E-state index contributed by atoms with van der Waals surface area (Å²) in [6, 6.07) is 6.42. The van der Waals surface area contributed by atoms with E-state index in [-0.39, 0.29) is 17.4 Å². The van der Waals surface area contributed by atoms with E-state index in [2.05, 4.69) is 19.9 Å². The van der Waals surface area contributed by atoms with Crippen LogP contribution in [0.1, 0.15) is 56.2 Å². The number of furan rings is 1. The minimum atomic E-state index is -3.83. The average Bonchev–Trinajstić information content (AvgIpc) is 3.17. The van der Waals surface area contributed by atoms with Crippen molar-refractivity contribution in [3.8, 4) is 0 Å². The molecule has 1 aliphatic heterocycles. The molecule has 0 saturated carbocycles. The fraction of sp³-hybridized carbons (Fsp3) is 0.500. The zero-order valence-electron chi connectivity index (χ0n) is 17.1. The molecule has 1 amide bonds. The minimum absolute atomic E-state index is 0.0531. The van der Waals surface area contributed by atoms with Crippen LogP contribution in [0.25, 0.3) is 0 Å². The van der Waals surface area contributed by atoms with Crippen LogP contribution in [0.15, 0.2) is 40.0 Å². The maximum absolute atomic E-state index is 12.5. The van der Waals surface area contributed by atoms with Gasteiger partial charge in [0.1, 0.15) is 5.82 Å². The summed E-state index contributed by atoms with van der Waals surface area (Å²) in [5.74, 6) is 0.350. The first-order chi connectivity index (χ1) is 13.7. The monoisotopic (exact) mass is 420 g/mol. The third-order valence-electron chi connectivity index (χ3n) is 4.47. The van der Waals surface area contributed by atoms with Gasteiger partial charge in [0.2, 0.25) is 5.09 Å². The number of rotatable bonds is 6. The van der Waals surface area contributed by atoms with Crippen molar-refractivity contribution in [1.29, 1.82) is 0 Å². The number of amides is 1.